The summed E-state index contributed by atoms with van der Waals surface area (Å²) in [6, 6.07) is 78.2. The van der Waals surface area contributed by atoms with Crippen LogP contribution in [0.4, 0.5) is 0 Å². The van der Waals surface area contributed by atoms with Crippen LogP contribution in [-0.4, -0.2) is 72.2 Å². The summed E-state index contributed by atoms with van der Waals surface area (Å²) in [5, 5.41) is 5.59. The van der Waals surface area contributed by atoms with E-state index in [1.54, 1.807) is 5.56 Å². The summed E-state index contributed by atoms with van der Waals surface area (Å²) < 4.78 is 39.6. The molecule has 7 aliphatic rings. The van der Waals surface area contributed by atoms with Gasteiger partial charge in [0, 0.05) is 71.1 Å². The van der Waals surface area contributed by atoms with Crippen molar-refractivity contribution in [1.29, 1.82) is 0 Å². The molecule has 0 radical (unpaired) electrons. The average Bonchev–Trinajstić information content (AvgIpc) is 1.65. The number of aryl methyl sites for hydroxylation is 4. The molecule has 0 bridgehead atoms. The van der Waals surface area contributed by atoms with Crippen LogP contribution in [0.3, 0.4) is 0 Å². The first-order valence-electron chi connectivity index (χ1n) is 38.5. The van der Waals surface area contributed by atoms with E-state index >= 15 is 0 Å². The lowest BCUT2D eigenvalue weighted by Crippen LogP contribution is -2.22. The van der Waals surface area contributed by atoms with Crippen molar-refractivity contribution in [3.8, 4) is 11.1 Å². The van der Waals surface area contributed by atoms with Crippen LogP contribution in [0.1, 0.15) is 195 Å². The fraction of sp³-hybridized carbons (Fsp3) is 0.404. The van der Waals surface area contributed by atoms with Crippen molar-refractivity contribution in [3.05, 3.63) is 296 Å². The summed E-state index contributed by atoms with van der Waals surface area (Å²) in [4.78, 5) is 0. The zero-order valence-corrected chi connectivity index (χ0v) is 61.7. The SMILES string of the molecule is CCOC1CCCc2ccccc21.CCOC1CCc2ccccc2C1.CCOC1Cc2cccc3cccc1c23.CCOC1c2ccccc2-c2ccccc21.CCOCC1CCCc2ccccc21.CCOCC1CCc2ccccc2C1.CCOCC1Cc2cccc3cccc1c23. The lowest BCUT2D eigenvalue weighted by molar-refractivity contribution is 0.0500. The van der Waals surface area contributed by atoms with Crippen LogP contribution in [0.5, 0.6) is 0 Å². The first kappa shape index (κ1) is 74.6. The molecule has 7 nitrogen and oxygen atoms in total. The number of rotatable bonds is 17. The van der Waals surface area contributed by atoms with E-state index in [0.29, 0.717) is 24.0 Å². The first-order chi connectivity index (χ1) is 49.8. The molecule has 7 aliphatic carbocycles. The summed E-state index contributed by atoms with van der Waals surface area (Å²) in [6.07, 6.45) is 18.1. The number of fused-ring (bicyclic) bond motifs is 7. The Hall–Kier alpha value is -7.56. The minimum atomic E-state index is 0.123. The van der Waals surface area contributed by atoms with Crippen LogP contribution >= 0.6 is 0 Å². The maximum atomic E-state index is 5.86. The van der Waals surface area contributed by atoms with E-state index in [0.717, 1.165) is 91.2 Å². The Morgan fingerprint density at radius 2 is 0.713 bits per heavy atom. The van der Waals surface area contributed by atoms with Gasteiger partial charge in [0.2, 0.25) is 0 Å². The third-order valence-electron chi connectivity index (χ3n) is 21.1. The van der Waals surface area contributed by atoms with Gasteiger partial charge in [-0.25, -0.2) is 0 Å². The lowest BCUT2D eigenvalue weighted by atomic mass is 9.83. The molecule has 0 fully saturated rings. The van der Waals surface area contributed by atoms with Crippen LogP contribution < -0.4 is 0 Å². The normalized spacial score (nSPS) is 18.9. The Morgan fingerprint density at radius 1 is 0.277 bits per heavy atom. The van der Waals surface area contributed by atoms with E-state index in [-0.39, 0.29) is 12.2 Å². The monoisotopic (exact) mass is 1350 g/mol. The second-order valence-corrected chi connectivity index (χ2v) is 27.6. The summed E-state index contributed by atoms with van der Waals surface area (Å²) >= 11 is 0. The Labute approximate surface area is 605 Å². The molecule has 6 atom stereocenters. The van der Waals surface area contributed by atoms with E-state index in [1.807, 2.05) is 6.92 Å². The zero-order valence-electron chi connectivity index (χ0n) is 61.7. The van der Waals surface area contributed by atoms with Gasteiger partial charge >= 0.3 is 0 Å². The van der Waals surface area contributed by atoms with Gasteiger partial charge in [-0.05, 0) is 248 Å². The third kappa shape index (κ3) is 19.6. The fourth-order valence-corrected chi connectivity index (χ4v) is 16.4. The predicted octanol–water partition coefficient (Wildman–Crippen LogP) is 22.4. The van der Waals surface area contributed by atoms with Gasteiger partial charge in [-0.15, -0.1) is 0 Å². The molecule has 6 unspecified atom stereocenters. The smallest absolute Gasteiger partial charge is 0.109 e. The second-order valence-electron chi connectivity index (χ2n) is 27.6. The molecular weight excluding hydrogens is 1240 g/mol. The first-order valence-corrected chi connectivity index (χ1v) is 38.5. The molecule has 17 rings (SSSR count). The van der Waals surface area contributed by atoms with Gasteiger partial charge < -0.3 is 33.2 Å². The number of hydrogen-bond acceptors (Lipinski definition) is 7. The van der Waals surface area contributed by atoms with E-state index in [9.17, 15) is 0 Å². The van der Waals surface area contributed by atoms with Gasteiger partial charge in [-0.1, -0.05) is 218 Å². The van der Waals surface area contributed by atoms with Crippen molar-refractivity contribution < 1.29 is 33.2 Å². The highest BCUT2D eigenvalue weighted by Gasteiger charge is 2.30. The average molecular weight is 1350 g/mol. The highest BCUT2D eigenvalue weighted by molar-refractivity contribution is 5.92. The molecular formula is C94H112O7. The van der Waals surface area contributed by atoms with Crippen LogP contribution in [0.2, 0.25) is 0 Å². The molecule has 0 heterocycles. The Morgan fingerprint density at radius 3 is 1.32 bits per heavy atom. The van der Waals surface area contributed by atoms with Crippen molar-refractivity contribution in [3.63, 3.8) is 0 Å². The summed E-state index contributed by atoms with van der Waals surface area (Å²) in [7, 11) is 0. The van der Waals surface area contributed by atoms with Crippen molar-refractivity contribution in [2.24, 2.45) is 5.92 Å². The van der Waals surface area contributed by atoms with E-state index in [1.165, 1.54) is 176 Å². The quantitative estimate of drug-likeness (QED) is 0.0900. The van der Waals surface area contributed by atoms with E-state index in [2.05, 4.69) is 260 Å². The summed E-state index contributed by atoms with van der Waals surface area (Å²) in [5.74, 6) is 1.94. The van der Waals surface area contributed by atoms with Crippen LogP contribution in [-0.2, 0) is 84.5 Å². The molecule has 0 aliphatic heterocycles. The molecule has 0 amide bonds. The third-order valence-corrected chi connectivity index (χ3v) is 21.1. The molecule has 10 aromatic carbocycles. The fourth-order valence-electron chi connectivity index (χ4n) is 16.4. The minimum Gasteiger partial charge on any atom is -0.381 e. The van der Waals surface area contributed by atoms with Gasteiger partial charge in [-0.2, -0.15) is 0 Å². The summed E-state index contributed by atoms with van der Waals surface area (Å²) in [6.45, 7) is 22.8. The molecule has 101 heavy (non-hydrogen) atoms. The lowest BCUT2D eigenvalue weighted by Gasteiger charge is -2.25. The van der Waals surface area contributed by atoms with Crippen LogP contribution in [0.25, 0.3) is 32.7 Å². The molecule has 0 spiro atoms. The minimum absolute atomic E-state index is 0.123. The Bertz CT molecular complexity index is 4100. The molecule has 530 valence electrons. The number of ether oxygens (including phenoxy) is 7. The molecule has 7 heteroatoms. The molecule has 0 saturated heterocycles. The molecule has 0 N–H and O–H groups in total. The Kier molecular flexibility index (Phi) is 29.0. The van der Waals surface area contributed by atoms with Crippen LogP contribution in [0.15, 0.2) is 218 Å². The van der Waals surface area contributed by atoms with Crippen molar-refractivity contribution in [2.45, 2.75) is 175 Å². The molecule has 10 aromatic rings. The Balaban J connectivity index is 0.000000119. The van der Waals surface area contributed by atoms with E-state index in [4.69, 9.17) is 33.2 Å². The zero-order chi connectivity index (χ0) is 70.0. The van der Waals surface area contributed by atoms with Gasteiger partial charge in [-0.3, -0.25) is 0 Å². The standard InChI is InChI=1S/C15H16O.C15H14O.C14H14O.2C13H18O.2C12H16O/c1-2-16-10-13-9-12-7-3-5-11-6-4-8-14(13)15(11)12;1-2-16-15-13-9-5-3-7-11(13)12-8-4-6-10-14(12)15;1-2-15-13-9-11-7-3-5-10-6-4-8-12(13)14(10)11;1-2-14-10-12-8-5-7-11-6-3-4-9-13(11)12;1-2-14-10-11-7-8-12-5-3-4-6-13(12)9-11;1-2-13-12-9-5-7-10-6-3-4-8-11(10)12;1-2-13-12-8-7-10-5-3-4-6-11(10)9-12/h3-8,13H,2,9-10H2,1H3;3-10,15H,2H2,1H3;3-8,13H,2,9H2,1H3;3-4,6,9,12H,2,5,7-8,10H2,1H3;3-6,11H,2,7-10H2,1H3;3-4,6,8,12H,2,5,7,9H2,1H3;3-6,12H,2,7-9H2,1H3. The van der Waals surface area contributed by atoms with Gasteiger partial charge in [0.15, 0.2) is 0 Å². The van der Waals surface area contributed by atoms with Crippen LogP contribution in [0, 0.1) is 5.92 Å². The predicted molar refractivity (Wildman–Crippen MR) is 419 cm³/mol. The maximum absolute atomic E-state index is 5.86. The van der Waals surface area contributed by atoms with Gasteiger partial charge in [0.05, 0.1) is 31.5 Å². The van der Waals surface area contributed by atoms with Gasteiger partial charge in [0.1, 0.15) is 6.10 Å². The summed E-state index contributed by atoms with van der Waals surface area (Å²) in [5.41, 5.74) is 23.0. The maximum Gasteiger partial charge on any atom is 0.109 e. The molecule has 0 aromatic heterocycles. The highest BCUT2D eigenvalue weighted by atomic mass is 16.5. The molecule has 0 saturated carbocycles. The van der Waals surface area contributed by atoms with Crippen molar-refractivity contribution in [2.75, 3.05) is 66.1 Å². The van der Waals surface area contributed by atoms with Gasteiger partial charge in [0.25, 0.3) is 0 Å². The largest absolute Gasteiger partial charge is 0.381 e. The second kappa shape index (κ2) is 39.2. The van der Waals surface area contributed by atoms with Crippen molar-refractivity contribution in [1.82, 2.24) is 0 Å². The number of hydrogen-bond donors (Lipinski definition) is 0. The van der Waals surface area contributed by atoms with Crippen molar-refractivity contribution >= 4 is 21.5 Å². The topological polar surface area (TPSA) is 64.6 Å². The highest BCUT2D eigenvalue weighted by Crippen LogP contribution is 2.45. The van der Waals surface area contributed by atoms with E-state index < -0.39 is 0 Å². The number of benzene rings is 10.